The monoisotopic (exact) mass is 264 g/mol. The Hall–Kier alpha value is -1.49. The van der Waals surface area contributed by atoms with Gasteiger partial charge in [0.15, 0.2) is 0 Å². The number of nitrogens with one attached hydrogen (secondary N) is 2. The molecule has 18 heavy (non-hydrogen) atoms. The van der Waals surface area contributed by atoms with E-state index in [1.807, 2.05) is 31.2 Å². The van der Waals surface area contributed by atoms with Gasteiger partial charge < -0.3 is 10.6 Å². The molecule has 1 saturated heterocycles. The van der Waals surface area contributed by atoms with Gasteiger partial charge in [-0.05, 0) is 18.6 Å². The Balaban J connectivity index is 2.03. The quantitative estimate of drug-likeness (QED) is 0.852. The predicted molar refractivity (Wildman–Crippen MR) is 73.7 cm³/mol. The molecule has 0 saturated carbocycles. The first-order valence-electron chi connectivity index (χ1n) is 5.90. The molecule has 4 nitrogen and oxygen atoms in total. The molecule has 0 unspecified atom stereocenters. The van der Waals surface area contributed by atoms with Crippen LogP contribution in [-0.4, -0.2) is 29.4 Å². The zero-order valence-corrected chi connectivity index (χ0v) is 11.0. The second kappa shape index (κ2) is 5.91. The van der Waals surface area contributed by atoms with Crippen molar-refractivity contribution in [2.24, 2.45) is 0 Å². The number of carbonyl (C=O) groups is 2. The van der Waals surface area contributed by atoms with Crippen molar-refractivity contribution >= 4 is 29.3 Å². The topological polar surface area (TPSA) is 58.2 Å². The van der Waals surface area contributed by atoms with Gasteiger partial charge in [-0.1, -0.05) is 18.2 Å². The maximum Gasteiger partial charge on any atom is 0.247 e. The fraction of sp³-hybridized carbons (Fsp3) is 0.385. The summed E-state index contributed by atoms with van der Waals surface area (Å²) in [4.78, 5) is 23.5. The second-order valence-electron chi connectivity index (χ2n) is 4.25. The van der Waals surface area contributed by atoms with Crippen molar-refractivity contribution in [2.75, 3.05) is 16.8 Å². The van der Waals surface area contributed by atoms with Crippen LogP contribution in [0.5, 0.6) is 0 Å². The molecule has 1 heterocycles. The lowest BCUT2D eigenvalue weighted by atomic mass is 10.2. The molecule has 0 spiro atoms. The molecule has 1 fully saturated rings. The number of thioether (sulfide) groups is 1. The third-order valence-electron chi connectivity index (χ3n) is 2.81. The molecule has 0 bridgehead atoms. The first-order valence-corrected chi connectivity index (χ1v) is 7.06. The molecule has 2 N–H and O–H groups in total. The maximum atomic E-state index is 12.1. The molecule has 0 aromatic heterocycles. The molecular weight excluding hydrogens is 248 g/mol. The van der Waals surface area contributed by atoms with Crippen molar-refractivity contribution in [3.8, 4) is 0 Å². The van der Waals surface area contributed by atoms with Crippen LogP contribution in [0.1, 0.15) is 12.0 Å². The van der Waals surface area contributed by atoms with Crippen molar-refractivity contribution in [1.29, 1.82) is 0 Å². The Labute approximate surface area is 111 Å². The highest BCUT2D eigenvalue weighted by atomic mass is 32.2. The Kier molecular flexibility index (Phi) is 4.25. The summed E-state index contributed by atoms with van der Waals surface area (Å²) in [6.45, 7) is 1.94. The summed E-state index contributed by atoms with van der Waals surface area (Å²) < 4.78 is 0. The van der Waals surface area contributed by atoms with E-state index in [1.54, 1.807) is 11.8 Å². The predicted octanol–water partition coefficient (Wildman–Crippen LogP) is 1.56. The Bertz CT molecular complexity index is 462. The number of carbonyl (C=O) groups excluding carboxylic acids is 2. The largest absolute Gasteiger partial charge is 0.343 e. The fourth-order valence-electron chi connectivity index (χ4n) is 1.75. The van der Waals surface area contributed by atoms with E-state index in [9.17, 15) is 9.59 Å². The van der Waals surface area contributed by atoms with Gasteiger partial charge in [-0.25, -0.2) is 0 Å². The number of hydrogen-bond donors (Lipinski definition) is 2. The lowest BCUT2D eigenvalue weighted by molar-refractivity contribution is -0.125. The lowest BCUT2D eigenvalue weighted by Gasteiger charge is -2.16. The molecule has 96 valence electrons. The van der Waals surface area contributed by atoms with Gasteiger partial charge in [-0.15, -0.1) is 0 Å². The highest BCUT2D eigenvalue weighted by molar-refractivity contribution is 7.99. The van der Waals surface area contributed by atoms with Crippen molar-refractivity contribution in [3.63, 3.8) is 0 Å². The summed E-state index contributed by atoms with van der Waals surface area (Å²) in [6.07, 6.45) is 0.485. The van der Waals surface area contributed by atoms with Gasteiger partial charge >= 0.3 is 0 Å². The van der Waals surface area contributed by atoms with Crippen LogP contribution in [0.4, 0.5) is 5.69 Å². The van der Waals surface area contributed by atoms with Crippen LogP contribution < -0.4 is 10.6 Å². The molecular formula is C13H16N2O2S. The van der Waals surface area contributed by atoms with E-state index in [0.717, 1.165) is 17.0 Å². The zero-order valence-electron chi connectivity index (χ0n) is 10.2. The maximum absolute atomic E-state index is 12.1. The van der Waals surface area contributed by atoms with Crippen molar-refractivity contribution in [1.82, 2.24) is 5.32 Å². The van der Waals surface area contributed by atoms with Gasteiger partial charge in [-0.2, -0.15) is 11.8 Å². The average molecular weight is 264 g/mol. The van der Waals surface area contributed by atoms with Crippen LogP contribution in [-0.2, 0) is 9.59 Å². The summed E-state index contributed by atoms with van der Waals surface area (Å²) >= 11 is 1.63. The van der Waals surface area contributed by atoms with Gasteiger partial charge in [0.25, 0.3) is 0 Å². The van der Waals surface area contributed by atoms with Gasteiger partial charge in [-0.3, -0.25) is 9.59 Å². The molecule has 0 radical (unpaired) electrons. The number of para-hydroxylation sites is 1. The van der Waals surface area contributed by atoms with Crippen LogP contribution in [0.2, 0.25) is 0 Å². The number of hydrogen-bond acceptors (Lipinski definition) is 3. The van der Waals surface area contributed by atoms with E-state index in [2.05, 4.69) is 10.6 Å². The standard InChI is InChI=1S/C13H16N2O2S/c1-9-4-2-3-5-10(9)15-13(17)11-8-18-7-6-12(16)14-11/h2-5,11H,6-8H2,1H3,(H,14,16)(H,15,17)/t11-/m0/s1. The van der Waals surface area contributed by atoms with Crippen LogP contribution in [0.15, 0.2) is 24.3 Å². The van der Waals surface area contributed by atoms with E-state index >= 15 is 0 Å². The van der Waals surface area contributed by atoms with Gasteiger partial charge in [0.05, 0.1) is 0 Å². The smallest absolute Gasteiger partial charge is 0.247 e. The molecule has 1 aliphatic rings. The van der Waals surface area contributed by atoms with Crippen molar-refractivity contribution < 1.29 is 9.59 Å². The summed E-state index contributed by atoms with van der Waals surface area (Å²) in [5.74, 6) is 1.21. The normalized spacial score (nSPS) is 19.8. The van der Waals surface area contributed by atoms with E-state index in [4.69, 9.17) is 0 Å². The number of amides is 2. The molecule has 0 aliphatic carbocycles. The van der Waals surface area contributed by atoms with Crippen LogP contribution in [0.3, 0.4) is 0 Å². The fourth-order valence-corrected chi connectivity index (χ4v) is 2.72. The van der Waals surface area contributed by atoms with Crippen LogP contribution in [0.25, 0.3) is 0 Å². The van der Waals surface area contributed by atoms with Crippen molar-refractivity contribution in [2.45, 2.75) is 19.4 Å². The zero-order chi connectivity index (χ0) is 13.0. The Morgan fingerprint density at radius 1 is 1.44 bits per heavy atom. The molecule has 2 rings (SSSR count). The van der Waals surface area contributed by atoms with Crippen molar-refractivity contribution in [3.05, 3.63) is 29.8 Å². The third-order valence-corrected chi connectivity index (χ3v) is 3.87. The summed E-state index contributed by atoms with van der Waals surface area (Å²) in [6, 6.07) is 7.16. The summed E-state index contributed by atoms with van der Waals surface area (Å²) in [5.41, 5.74) is 1.81. The molecule has 2 amide bonds. The molecule has 1 aromatic rings. The molecule has 1 atom stereocenters. The third kappa shape index (κ3) is 3.26. The van der Waals surface area contributed by atoms with Gasteiger partial charge in [0, 0.05) is 23.6 Å². The molecule has 1 aliphatic heterocycles. The second-order valence-corrected chi connectivity index (χ2v) is 5.40. The minimum Gasteiger partial charge on any atom is -0.343 e. The summed E-state index contributed by atoms with van der Waals surface area (Å²) in [5, 5.41) is 5.61. The number of rotatable bonds is 2. The lowest BCUT2D eigenvalue weighted by Crippen LogP contribution is -2.44. The summed E-state index contributed by atoms with van der Waals surface area (Å²) in [7, 11) is 0. The average Bonchev–Trinajstić information content (AvgIpc) is 2.57. The first-order chi connectivity index (χ1) is 8.66. The van der Waals surface area contributed by atoms with E-state index in [1.165, 1.54) is 0 Å². The van der Waals surface area contributed by atoms with Crippen LogP contribution >= 0.6 is 11.8 Å². The highest BCUT2D eigenvalue weighted by Gasteiger charge is 2.23. The molecule has 5 heteroatoms. The van der Waals surface area contributed by atoms with E-state index in [0.29, 0.717) is 12.2 Å². The number of benzene rings is 1. The minimum absolute atomic E-state index is 0.0510. The number of aryl methyl sites for hydroxylation is 1. The van der Waals surface area contributed by atoms with Crippen LogP contribution in [0, 0.1) is 6.92 Å². The molecule has 1 aromatic carbocycles. The van der Waals surface area contributed by atoms with Gasteiger partial charge in [0.2, 0.25) is 11.8 Å². The SMILES string of the molecule is Cc1ccccc1NC(=O)[C@@H]1CSCCC(=O)N1. The van der Waals surface area contributed by atoms with E-state index < -0.39 is 6.04 Å². The Morgan fingerprint density at radius 3 is 3.00 bits per heavy atom. The Morgan fingerprint density at radius 2 is 2.22 bits per heavy atom. The van der Waals surface area contributed by atoms with E-state index in [-0.39, 0.29) is 11.8 Å². The number of anilines is 1. The van der Waals surface area contributed by atoms with Gasteiger partial charge in [0.1, 0.15) is 6.04 Å². The highest BCUT2D eigenvalue weighted by Crippen LogP contribution is 2.15. The minimum atomic E-state index is -0.440. The first kappa shape index (κ1) is 13.0.